The molecule has 5 rings (SSSR count). The second-order valence-electron chi connectivity index (χ2n) is 12.1. The molecule has 2 aliphatic rings. The molecule has 2 amide bonds. The lowest BCUT2D eigenvalue weighted by atomic mass is 9.95. The number of rotatable bonds is 12. The molecule has 0 aromatic heterocycles. The van der Waals surface area contributed by atoms with Crippen LogP contribution in [0.15, 0.2) is 53.3 Å². The van der Waals surface area contributed by atoms with Crippen molar-refractivity contribution in [3.8, 4) is 34.1 Å². The van der Waals surface area contributed by atoms with Crippen molar-refractivity contribution in [2.24, 2.45) is 0 Å². The van der Waals surface area contributed by atoms with E-state index in [4.69, 9.17) is 18.9 Å². The molecule has 1 saturated heterocycles. The zero-order valence-corrected chi connectivity index (χ0v) is 29.9. The summed E-state index contributed by atoms with van der Waals surface area (Å²) in [5.74, 6) is 2.77. The van der Waals surface area contributed by atoms with Gasteiger partial charge in [0.05, 0.1) is 40.2 Å². The molecule has 1 fully saturated rings. The van der Waals surface area contributed by atoms with Gasteiger partial charge in [-0.1, -0.05) is 6.07 Å². The van der Waals surface area contributed by atoms with Crippen molar-refractivity contribution >= 4 is 35.0 Å². The first-order valence-electron chi connectivity index (χ1n) is 16.4. The van der Waals surface area contributed by atoms with Crippen LogP contribution >= 0.6 is 11.8 Å². The van der Waals surface area contributed by atoms with E-state index in [2.05, 4.69) is 15.5 Å². The smallest absolute Gasteiger partial charge is 0.245 e. The number of methoxy groups -OCH3 is 4. The molecule has 262 valence electrons. The third-order valence-corrected chi connectivity index (χ3v) is 9.83. The first-order valence-corrected chi connectivity index (χ1v) is 17.8. The van der Waals surface area contributed by atoms with Gasteiger partial charge in [0.2, 0.25) is 23.0 Å². The Morgan fingerprint density at radius 1 is 0.918 bits per heavy atom. The number of hydrogen-bond donors (Lipinski definition) is 2. The maximum Gasteiger partial charge on any atom is 0.245 e. The van der Waals surface area contributed by atoms with E-state index < -0.39 is 12.1 Å². The van der Waals surface area contributed by atoms with Crippen molar-refractivity contribution in [2.45, 2.75) is 38.3 Å². The fourth-order valence-electron chi connectivity index (χ4n) is 6.71. The van der Waals surface area contributed by atoms with Crippen LogP contribution in [-0.4, -0.2) is 89.4 Å². The van der Waals surface area contributed by atoms with E-state index in [0.29, 0.717) is 73.9 Å². The SMILES string of the molecule is COc1ccc(N2CCN(C(=O)[C@H](CCSC)Nc3ccc4c(cc3=O)[C@H](NC(C)=O)CCc3cc(OC)c(OC)c(OC)c3-4)CC2)cc1. The van der Waals surface area contributed by atoms with Gasteiger partial charge < -0.3 is 39.4 Å². The van der Waals surface area contributed by atoms with Crippen LogP contribution in [0.2, 0.25) is 0 Å². The van der Waals surface area contributed by atoms with Gasteiger partial charge in [-0.05, 0) is 90.4 Å². The third-order valence-electron chi connectivity index (χ3n) is 9.18. The molecule has 11 nitrogen and oxygen atoms in total. The summed E-state index contributed by atoms with van der Waals surface area (Å²) in [6.45, 7) is 4.02. The average molecular weight is 691 g/mol. The highest BCUT2D eigenvalue weighted by Crippen LogP contribution is 2.50. The number of anilines is 2. The van der Waals surface area contributed by atoms with Gasteiger partial charge in [0.15, 0.2) is 11.5 Å². The summed E-state index contributed by atoms with van der Waals surface area (Å²) in [7, 11) is 6.35. The number of amides is 2. The van der Waals surface area contributed by atoms with Gasteiger partial charge in [0.1, 0.15) is 11.8 Å². The normalized spacial score (nSPS) is 16.0. The highest BCUT2D eigenvalue weighted by atomic mass is 32.2. The van der Waals surface area contributed by atoms with E-state index in [-0.39, 0.29) is 17.2 Å². The van der Waals surface area contributed by atoms with E-state index in [9.17, 15) is 14.4 Å². The van der Waals surface area contributed by atoms with Gasteiger partial charge >= 0.3 is 0 Å². The summed E-state index contributed by atoms with van der Waals surface area (Å²) in [6.07, 6.45) is 3.72. The van der Waals surface area contributed by atoms with Gasteiger partial charge in [-0.3, -0.25) is 14.4 Å². The molecule has 3 aromatic rings. The van der Waals surface area contributed by atoms with E-state index in [0.717, 1.165) is 33.9 Å². The summed E-state index contributed by atoms with van der Waals surface area (Å²) in [5, 5.41) is 6.38. The van der Waals surface area contributed by atoms with Gasteiger partial charge in [0, 0.05) is 44.4 Å². The van der Waals surface area contributed by atoms with Crippen LogP contribution in [0.1, 0.15) is 36.9 Å². The first kappa shape index (κ1) is 35.7. The largest absolute Gasteiger partial charge is 0.497 e. The van der Waals surface area contributed by atoms with Crippen molar-refractivity contribution in [3.05, 3.63) is 69.9 Å². The summed E-state index contributed by atoms with van der Waals surface area (Å²) in [6, 6.07) is 14.0. The summed E-state index contributed by atoms with van der Waals surface area (Å²) < 4.78 is 22.5. The Morgan fingerprint density at radius 2 is 1.63 bits per heavy atom. The van der Waals surface area contributed by atoms with Gasteiger partial charge in [-0.15, -0.1) is 0 Å². The molecule has 1 aliphatic heterocycles. The topological polar surface area (TPSA) is 119 Å². The number of hydrogen-bond acceptors (Lipinski definition) is 10. The number of piperazine rings is 1. The molecule has 1 aliphatic carbocycles. The van der Waals surface area contributed by atoms with Gasteiger partial charge in [-0.2, -0.15) is 11.8 Å². The van der Waals surface area contributed by atoms with E-state index >= 15 is 0 Å². The number of carbonyl (C=O) groups is 2. The number of fused-ring (bicyclic) bond motifs is 3. The Morgan fingerprint density at radius 3 is 2.24 bits per heavy atom. The molecule has 0 radical (unpaired) electrons. The summed E-state index contributed by atoms with van der Waals surface area (Å²) >= 11 is 1.66. The Balaban J connectivity index is 1.48. The molecule has 0 saturated carbocycles. The molecule has 3 aromatic carbocycles. The Bertz CT molecular complexity index is 1710. The van der Waals surface area contributed by atoms with Crippen LogP contribution in [-0.2, 0) is 16.0 Å². The molecule has 2 N–H and O–H groups in total. The first-order chi connectivity index (χ1) is 23.7. The Labute approximate surface area is 292 Å². The quantitative estimate of drug-likeness (QED) is 0.276. The molecular weight excluding hydrogens is 644 g/mol. The van der Waals surface area contributed by atoms with E-state index in [1.54, 1.807) is 52.3 Å². The second kappa shape index (κ2) is 16.2. The maximum atomic E-state index is 14.0. The molecule has 2 atom stereocenters. The minimum atomic E-state index is -0.591. The number of ether oxygens (including phenoxy) is 4. The van der Waals surface area contributed by atoms with Crippen molar-refractivity contribution < 1.29 is 28.5 Å². The van der Waals surface area contributed by atoms with Crippen LogP contribution in [0.5, 0.6) is 23.0 Å². The monoisotopic (exact) mass is 690 g/mol. The number of aryl methyl sites for hydroxylation is 1. The number of benzene rings is 2. The van der Waals surface area contributed by atoms with Crippen LogP contribution in [0, 0.1) is 0 Å². The highest BCUT2D eigenvalue weighted by molar-refractivity contribution is 7.98. The van der Waals surface area contributed by atoms with Crippen LogP contribution in [0.25, 0.3) is 11.1 Å². The fraction of sp³-hybridized carbons (Fsp3) is 0.432. The minimum Gasteiger partial charge on any atom is -0.497 e. The molecule has 0 spiro atoms. The molecule has 0 bridgehead atoms. The number of nitrogens with zero attached hydrogens (tertiary/aromatic N) is 2. The standard InChI is InChI=1S/C37H46N4O7S/c1-23(42)38-29-13-7-24-21-33(46-3)35(47-4)36(48-5)34(24)27-12-14-30(32(43)22-28(27)29)39-31(15-20-49-6)37(44)41-18-16-40(17-19-41)25-8-10-26(45-2)11-9-25/h8-12,14,21-22,29,31H,7,13,15-20H2,1-6H3,(H,38,42)(H,39,43)/t29-,31+/m1/s1. The van der Waals surface area contributed by atoms with Crippen molar-refractivity contribution in [1.29, 1.82) is 0 Å². The molecule has 0 unspecified atom stereocenters. The third kappa shape index (κ3) is 7.85. The predicted molar refractivity (Wildman–Crippen MR) is 195 cm³/mol. The van der Waals surface area contributed by atoms with Crippen molar-refractivity contribution in [2.75, 3.05) is 76.8 Å². The zero-order chi connectivity index (χ0) is 35.1. The van der Waals surface area contributed by atoms with Crippen LogP contribution in [0.4, 0.5) is 11.4 Å². The van der Waals surface area contributed by atoms with Gasteiger partial charge in [-0.25, -0.2) is 0 Å². The minimum absolute atomic E-state index is 0.0316. The summed E-state index contributed by atoms with van der Waals surface area (Å²) in [5.41, 5.74) is 4.24. The van der Waals surface area contributed by atoms with Crippen LogP contribution in [0.3, 0.4) is 0 Å². The Kier molecular flexibility index (Phi) is 11.8. The average Bonchev–Trinajstić information content (AvgIpc) is 3.36. The molecular formula is C37H46N4O7S. The van der Waals surface area contributed by atoms with Crippen molar-refractivity contribution in [1.82, 2.24) is 10.2 Å². The highest BCUT2D eigenvalue weighted by Gasteiger charge is 2.31. The molecule has 12 heteroatoms. The number of nitrogens with one attached hydrogen (secondary N) is 2. The second-order valence-corrected chi connectivity index (χ2v) is 13.1. The lowest BCUT2D eigenvalue weighted by Gasteiger charge is -2.37. The lowest BCUT2D eigenvalue weighted by Crippen LogP contribution is -2.53. The maximum absolute atomic E-state index is 14.0. The lowest BCUT2D eigenvalue weighted by molar-refractivity contribution is -0.132. The Hall–Kier alpha value is -4.58. The zero-order valence-electron chi connectivity index (χ0n) is 29.1. The predicted octanol–water partition coefficient (Wildman–Crippen LogP) is 4.75. The summed E-state index contributed by atoms with van der Waals surface area (Å²) in [4.78, 5) is 44.5. The van der Waals surface area contributed by atoms with E-state index in [1.807, 2.05) is 47.6 Å². The number of thioether (sulfide) groups is 1. The molecule has 1 heterocycles. The van der Waals surface area contributed by atoms with E-state index in [1.165, 1.54) is 6.92 Å². The van der Waals surface area contributed by atoms with Crippen LogP contribution < -0.4 is 39.9 Å². The van der Waals surface area contributed by atoms with Crippen molar-refractivity contribution in [3.63, 3.8) is 0 Å². The number of carbonyl (C=O) groups excluding carboxylic acids is 2. The van der Waals surface area contributed by atoms with Gasteiger partial charge in [0.25, 0.3) is 0 Å². The fourth-order valence-corrected chi connectivity index (χ4v) is 7.18. The molecule has 49 heavy (non-hydrogen) atoms.